The number of rotatable bonds is 4. The Hall–Kier alpha value is -2.14. The monoisotopic (exact) mass is 277 g/mol. The van der Waals surface area contributed by atoms with Gasteiger partial charge in [-0.1, -0.05) is 23.7 Å². The molecule has 0 aliphatic carbocycles. The first-order valence-electron chi connectivity index (χ1n) is 5.72. The quantitative estimate of drug-likeness (QED) is 0.870. The average molecular weight is 278 g/mol. The lowest BCUT2D eigenvalue weighted by atomic mass is 10.3. The van der Waals surface area contributed by atoms with E-state index in [4.69, 9.17) is 16.3 Å². The number of carbonyl (C=O) groups excluding carboxylic acids is 1. The second-order valence-electron chi connectivity index (χ2n) is 3.59. The van der Waals surface area contributed by atoms with E-state index in [1.807, 2.05) is 18.2 Å². The van der Waals surface area contributed by atoms with Gasteiger partial charge < -0.3 is 10.1 Å². The van der Waals surface area contributed by atoms with Gasteiger partial charge in [-0.15, -0.1) is 0 Å². The largest absolute Gasteiger partial charge is 0.460 e. The zero-order valence-electron chi connectivity index (χ0n) is 10.3. The molecule has 0 fully saturated rings. The van der Waals surface area contributed by atoms with Crippen LogP contribution in [0.4, 0.5) is 11.5 Å². The molecular formula is C13H12ClN3O2. The lowest BCUT2D eigenvalue weighted by Gasteiger charge is -2.07. The molecule has 0 unspecified atom stereocenters. The maximum atomic E-state index is 11.5. The van der Waals surface area contributed by atoms with Gasteiger partial charge in [0.25, 0.3) is 0 Å². The maximum Gasteiger partial charge on any atom is 0.376 e. The van der Waals surface area contributed by atoms with Crippen molar-refractivity contribution in [3.05, 3.63) is 47.4 Å². The van der Waals surface area contributed by atoms with Crippen LogP contribution in [0.15, 0.2) is 36.5 Å². The van der Waals surface area contributed by atoms with Gasteiger partial charge in [0.2, 0.25) is 5.82 Å². The molecule has 0 aliphatic rings. The van der Waals surface area contributed by atoms with Crippen LogP contribution in [-0.2, 0) is 4.74 Å². The molecule has 2 aromatic rings. The minimum atomic E-state index is -0.551. The molecule has 0 radical (unpaired) electrons. The number of hydrogen-bond acceptors (Lipinski definition) is 5. The lowest BCUT2D eigenvalue weighted by molar-refractivity contribution is 0.0512. The molecule has 1 aromatic carbocycles. The number of nitrogens with one attached hydrogen (secondary N) is 1. The van der Waals surface area contributed by atoms with Crippen LogP contribution in [0.5, 0.6) is 0 Å². The molecule has 0 bridgehead atoms. The normalized spacial score (nSPS) is 10.0. The molecular weight excluding hydrogens is 266 g/mol. The van der Waals surface area contributed by atoms with E-state index in [1.54, 1.807) is 19.1 Å². The van der Waals surface area contributed by atoms with E-state index in [0.717, 1.165) is 0 Å². The fraction of sp³-hybridized carbons (Fsp3) is 0.154. The van der Waals surface area contributed by atoms with Gasteiger partial charge in [0.05, 0.1) is 17.3 Å². The molecule has 2 rings (SSSR count). The van der Waals surface area contributed by atoms with Gasteiger partial charge in [-0.2, -0.15) is 0 Å². The summed E-state index contributed by atoms with van der Waals surface area (Å²) in [6, 6.07) is 8.90. The first kappa shape index (κ1) is 13.3. The van der Waals surface area contributed by atoms with E-state index in [2.05, 4.69) is 15.3 Å². The van der Waals surface area contributed by atoms with Crippen molar-refractivity contribution < 1.29 is 9.53 Å². The second-order valence-corrected chi connectivity index (χ2v) is 4.00. The van der Waals surface area contributed by atoms with Gasteiger partial charge in [-0.25, -0.2) is 14.8 Å². The summed E-state index contributed by atoms with van der Waals surface area (Å²) in [6.07, 6.45) is 1.48. The van der Waals surface area contributed by atoms with Gasteiger partial charge in [0.15, 0.2) is 0 Å². The number of benzene rings is 1. The molecule has 0 aliphatic heterocycles. The van der Waals surface area contributed by atoms with Gasteiger partial charge >= 0.3 is 5.97 Å². The molecule has 0 saturated carbocycles. The SMILES string of the molecule is CCOC(=O)c1nccc(Nc2ccccc2Cl)n1. The summed E-state index contributed by atoms with van der Waals surface area (Å²) in [5.74, 6) is -0.0598. The minimum absolute atomic E-state index is 0.0129. The third-order valence-electron chi connectivity index (χ3n) is 2.25. The Morgan fingerprint density at radius 1 is 1.37 bits per heavy atom. The predicted octanol–water partition coefficient (Wildman–Crippen LogP) is 3.05. The van der Waals surface area contributed by atoms with Gasteiger partial charge in [0, 0.05) is 6.20 Å². The van der Waals surface area contributed by atoms with Crippen molar-refractivity contribution in [2.24, 2.45) is 0 Å². The summed E-state index contributed by atoms with van der Waals surface area (Å²) in [6.45, 7) is 2.01. The number of nitrogens with zero attached hydrogens (tertiary/aromatic N) is 2. The number of ether oxygens (including phenoxy) is 1. The van der Waals surface area contributed by atoms with Crippen molar-refractivity contribution in [3.63, 3.8) is 0 Å². The predicted molar refractivity (Wildman–Crippen MR) is 72.7 cm³/mol. The zero-order chi connectivity index (χ0) is 13.7. The van der Waals surface area contributed by atoms with E-state index in [-0.39, 0.29) is 12.4 Å². The number of halogens is 1. The van der Waals surface area contributed by atoms with Crippen LogP contribution in [0, 0.1) is 0 Å². The topological polar surface area (TPSA) is 64.1 Å². The Kier molecular flexibility index (Phi) is 4.30. The number of anilines is 2. The van der Waals surface area contributed by atoms with Crippen molar-refractivity contribution in [2.75, 3.05) is 11.9 Å². The van der Waals surface area contributed by atoms with E-state index in [9.17, 15) is 4.79 Å². The Labute approximate surface area is 115 Å². The zero-order valence-corrected chi connectivity index (χ0v) is 11.0. The summed E-state index contributed by atoms with van der Waals surface area (Å²) in [5.41, 5.74) is 0.706. The van der Waals surface area contributed by atoms with Crippen molar-refractivity contribution in [2.45, 2.75) is 6.92 Å². The van der Waals surface area contributed by atoms with Crippen molar-refractivity contribution in [3.8, 4) is 0 Å². The highest BCUT2D eigenvalue weighted by molar-refractivity contribution is 6.33. The molecule has 19 heavy (non-hydrogen) atoms. The molecule has 1 N–H and O–H groups in total. The smallest absolute Gasteiger partial charge is 0.376 e. The molecule has 98 valence electrons. The highest BCUT2D eigenvalue weighted by Gasteiger charge is 2.11. The number of hydrogen-bond donors (Lipinski definition) is 1. The van der Waals surface area contributed by atoms with Crippen LogP contribution in [0.1, 0.15) is 17.5 Å². The average Bonchev–Trinajstić information content (AvgIpc) is 2.42. The van der Waals surface area contributed by atoms with Crippen LogP contribution in [0.2, 0.25) is 5.02 Å². The Balaban J connectivity index is 2.20. The minimum Gasteiger partial charge on any atom is -0.460 e. The fourth-order valence-electron chi connectivity index (χ4n) is 1.42. The lowest BCUT2D eigenvalue weighted by Crippen LogP contribution is -2.10. The number of esters is 1. The highest BCUT2D eigenvalue weighted by atomic mass is 35.5. The van der Waals surface area contributed by atoms with Crippen molar-refractivity contribution in [1.29, 1.82) is 0 Å². The molecule has 1 aromatic heterocycles. The maximum absolute atomic E-state index is 11.5. The van der Waals surface area contributed by atoms with Crippen LogP contribution >= 0.6 is 11.6 Å². The Morgan fingerprint density at radius 2 is 2.16 bits per heavy atom. The van der Waals surface area contributed by atoms with E-state index < -0.39 is 5.97 Å². The van der Waals surface area contributed by atoms with Crippen molar-refractivity contribution >= 4 is 29.1 Å². The molecule has 6 heteroatoms. The Morgan fingerprint density at radius 3 is 2.89 bits per heavy atom. The molecule has 5 nitrogen and oxygen atoms in total. The molecule has 1 heterocycles. The first-order valence-corrected chi connectivity index (χ1v) is 6.10. The van der Waals surface area contributed by atoms with Gasteiger partial charge in [0.1, 0.15) is 5.82 Å². The Bertz CT molecular complexity index is 590. The fourth-order valence-corrected chi connectivity index (χ4v) is 1.61. The summed E-state index contributed by atoms with van der Waals surface area (Å²) in [7, 11) is 0. The van der Waals surface area contributed by atoms with Gasteiger partial charge in [-0.05, 0) is 25.1 Å². The third-order valence-corrected chi connectivity index (χ3v) is 2.58. The third kappa shape index (κ3) is 3.42. The summed E-state index contributed by atoms with van der Waals surface area (Å²) >= 11 is 6.03. The molecule has 0 saturated heterocycles. The molecule has 0 atom stereocenters. The van der Waals surface area contributed by atoms with Crippen LogP contribution in [-0.4, -0.2) is 22.5 Å². The van der Waals surface area contributed by atoms with Crippen LogP contribution in [0.25, 0.3) is 0 Å². The van der Waals surface area contributed by atoms with Gasteiger partial charge in [-0.3, -0.25) is 0 Å². The standard InChI is InChI=1S/C13H12ClN3O2/c1-2-19-13(18)12-15-8-7-11(17-12)16-10-6-4-3-5-9(10)14/h3-8H,2H2,1H3,(H,15,16,17). The number of carbonyl (C=O) groups is 1. The second kappa shape index (κ2) is 6.15. The van der Waals surface area contributed by atoms with Crippen LogP contribution < -0.4 is 5.32 Å². The van der Waals surface area contributed by atoms with E-state index >= 15 is 0 Å². The summed E-state index contributed by atoms with van der Waals surface area (Å²) in [5, 5.41) is 3.59. The van der Waals surface area contributed by atoms with Crippen molar-refractivity contribution in [1.82, 2.24) is 9.97 Å². The number of aromatic nitrogens is 2. The molecule has 0 spiro atoms. The van der Waals surface area contributed by atoms with E-state index in [1.165, 1.54) is 6.20 Å². The number of para-hydroxylation sites is 1. The first-order chi connectivity index (χ1) is 9.20. The summed E-state index contributed by atoms with van der Waals surface area (Å²) < 4.78 is 4.84. The summed E-state index contributed by atoms with van der Waals surface area (Å²) in [4.78, 5) is 19.5. The highest BCUT2D eigenvalue weighted by Crippen LogP contribution is 2.23. The van der Waals surface area contributed by atoms with E-state index in [0.29, 0.717) is 16.5 Å². The van der Waals surface area contributed by atoms with Crippen LogP contribution in [0.3, 0.4) is 0 Å². The molecule has 0 amide bonds.